The number of nitrogens with zero attached hydrogens (tertiary/aromatic N) is 2. The Kier molecular flexibility index (Phi) is 9.73. The third-order valence-corrected chi connectivity index (χ3v) is 4.95. The number of aliphatic imine (C=N–C) groups is 1. The number of hydrogen-bond donors (Lipinski definition) is 2. The minimum absolute atomic E-state index is 0. The molecule has 1 aliphatic heterocycles. The number of nitrogens with two attached hydrogens (primary N) is 1. The molecule has 28 heavy (non-hydrogen) atoms. The number of halogens is 1. The van der Waals surface area contributed by atoms with Gasteiger partial charge in [0.2, 0.25) is 0 Å². The first kappa shape index (κ1) is 22.6. The van der Waals surface area contributed by atoms with Crippen LogP contribution >= 0.6 is 24.0 Å². The van der Waals surface area contributed by atoms with Crippen molar-refractivity contribution in [2.24, 2.45) is 10.7 Å². The summed E-state index contributed by atoms with van der Waals surface area (Å²) in [5.74, 6) is 0.510. The Morgan fingerprint density at radius 2 is 1.79 bits per heavy atom. The van der Waals surface area contributed by atoms with Crippen molar-refractivity contribution in [3.05, 3.63) is 71.3 Å². The van der Waals surface area contributed by atoms with Crippen molar-refractivity contribution in [1.29, 1.82) is 0 Å². The van der Waals surface area contributed by atoms with Crippen LogP contribution in [0.3, 0.4) is 0 Å². The fourth-order valence-corrected chi connectivity index (χ4v) is 3.33. The van der Waals surface area contributed by atoms with Gasteiger partial charge in [0.25, 0.3) is 0 Å². The first-order valence-electron chi connectivity index (χ1n) is 9.68. The predicted octanol–water partition coefficient (Wildman–Crippen LogP) is 3.13. The zero-order valence-electron chi connectivity index (χ0n) is 16.5. The highest BCUT2D eigenvalue weighted by molar-refractivity contribution is 14.0. The molecule has 3 N–H and O–H groups in total. The Morgan fingerprint density at radius 1 is 1.11 bits per heavy atom. The van der Waals surface area contributed by atoms with Gasteiger partial charge in [0, 0.05) is 19.6 Å². The lowest BCUT2D eigenvalue weighted by molar-refractivity contribution is 0.0180. The standard InChI is InChI=1S/C22H30N4O.HI/c1-18-7-9-20(10-8-18)21(26-13-15-27-16-14-26)17-25-22(23)24-12-11-19-5-3-2-4-6-19;/h2-10,21H,11-17H2,1H3,(H3,23,24,25);1H. The van der Waals surface area contributed by atoms with Crippen LogP contribution in [0.15, 0.2) is 59.6 Å². The maximum atomic E-state index is 6.11. The van der Waals surface area contributed by atoms with E-state index in [2.05, 4.69) is 70.7 Å². The van der Waals surface area contributed by atoms with Crippen LogP contribution in [-0.2, 0) is 11.2 Å². The van der Waals surface area contributed by atoms with E-state index in [1.165, 1.54) is 16.7 Å². The van der Waals surface area contributed by atoms with Crippen molar-refractivity contribution in [2.75, 3.05) is 39.4 Å². The average molecular weight is 494 g/mol. The molecular formula is C22H31IN4O. The van der Waals surface area contributed by atoms with E-state index in [1.54, 1.807) is 0 Å². The largest absolute Gasteiger partial charge is 0.379 e. The van der Waals surface area contributed by atoms with E-state index in [1.807, 2.05) is 6.07 Å². The van der Waals surface area contributed by atoms with Crippen LogP contribution in [-0.4, -0.2) is 50.3 Å². The van der Waals surface area contributed by atoms with Gasteiger partial charge >= 0.3 is 0 Å². The van der Waals surface area contributed by atoms with E-state index in [0.29, 0.717) is 12.5 Å². The Labute approximate surface area is 185 Å². The summed E-state index contributed by atoms with van der Waals surface area (Å²) in [5.41, 5.74) is 9.96. The number of guanidine groups is 1. The molecule has 0 aromatic heterocycles. The third kappa shape index (κ3) is 7.07. The van der Waals surface area contributed by atoms with Crippen molar-refractivity contribution in [1.82, 2.24) is 10.2 Å². The quantitative estimate of drug-likeness (QED) is 0.353. The summed E-state index contributed by atoms with van der Waals surface area (Å²) < 4.78 is 5.51. The first-order chi connectivity index (χ1) is 13.2. The average Bonchev–Trinajstić information content (AvgIpc) is 2.71. The molecule has 0 bridgehead atoms. The third-order valence-electron chi connectivity index (χ3n) is 4.95. The summed E-state index contributed by atoms with van der Waals surface area (Å²) in [6.07, 6.45) is 0.932. The SMILES string of the molecule is Cc1ccc(C(CN=C(N)NCCc2ccccc2)N2CCOCC2)cc1.I. The van der Waals surface area contributed by atoms with Gasteiger partial charge in [-0.2, -0.15) is 0 Å². The van der Waals surface area contributed by atoms with Gasteiger partial charge in [0.05, 0.1) is 25.8 Å². The molecule has 0 radical (unpaired) electrons. The van der Waals surface area contributed by atoms with E-state index >= 15 is 0 Å². The van der Waals surface area contributed by atoms with Crippen LogP contribution < -0.4 is 11.1 Å². The second-order valence-electron chi connectivity index (χ2n) is 6.96. The van der Waals surface area contributed by atoms with Gasteiger partial charge in [-0.1, -0.05) is 60.2 Å². The summed E-state index contributed by atoms with van der Waals surface area (Å²) in [6, 6.07) is 19.3. The monoisotopic (exact) mass is 494 g/mol. The lowest BCUT2D eigenvalue weighted by Gasteiger charge is -2.34. The highest BCUT2D eigenvalue weighted by atomic mass is 127. The lowest BCUT2D eigenvalue weighted by Crippen LogP contribution is -2.41. The number of ether oxygens (including phenoxy) is 1. The van der Waals surface area contributed by atoms with E-state index in [-0.39, 0.29) is 30.0 Å². The molecule has 1 heterocycles. The maximum absolute atomic E-state index is 6.11. The molecule has 2 aromatic carbocycles. The molecule has 1 atom stereocenters. The summed E-state index contributed by atoms with van der Waals surface area (Å²) in [5, 5.41) is 3.23. The molecule has 0 saturated carbocycles. The summed E-state index contributed by atoms with van der Waals surface area (Å²) >= 11 is 0. The van der Waals surface area contributed by atoms with Gasteiger partial charge in [-0.15, -0.1) is 24.0 Å². The Balaban J connectivity index is 0.00000280. The summed E-state index contributed by atoms with van der Waals surface area (Å²) in [6.45, 7) is 6.94. The second-order valence-corrected chi connectivity index (χ2v) is 6.96. The van der Waals surface area contributed by atoms with Crippen molar-refractivity contribution < 1.29 is 4.74 Å². The van der Waals surface area contributed by atoms with E-state index in [0.717, 1.165) is 39.3 Å². The topological polar surface area (TPSA) is 62.9 Å². The van der Waals surface area contributed by atoms with Crippen molar-refractivity contribution >= 4 is 29.9 Å². The number of morpholine rings is 1. The number of aryl methyl sites for hydroxylation is 1. The summed E-state index contributed by atoms with van der Waals surface area (Å²) in [7, 11) is 0. The van der Waals surface area contributed by atoms with Crippen molar-refractivity contribution in [2.45, 2.75) is 19.4 Å². The van der Waals surface area contributed by atoms with Crippen molar-refractivity contribution in [3.8, 4) is 0 Å². The molecule has 5 nitrogen and oxygen atoms in total. The second kappa shape index (κ2) is 12.0. The molecule has 0 aliphatic carbocycles. The van der Waals surface area contributed by atoms with Gasteiger partial charge < -0.3 is 15.8 Å². The Hall–Kier alpha value is -1.64. The van der Waals surface area contributed by atoms with E-state index < -0.39 is 0 Å². The first-order valence-corrected chi connectivity index (χ1v) is 9.68. The predicted molar refractivity (Wildman–Crippen MR) is 126 cm³/mol. The van der Waals surface area contributed by atoms with Crippen LogP contribution in [0.4, 0.5) is 0 Å². The normalized spacial score (nSPS) is 16.2. The minimum atomic E-state index is 0. The van der Waals surface area contributed by atoms with Crippen LogP contribution in [0.2, 0.25) is 0 Å². The molecule has 1 saturated heterocycles. The highest BCUT2D eigenvalue weighted by Gasteiger charge is 2.22. The molecule has 2 aromatic rings. The van der Waals surface area contributed by atoms with E-state index in [4.69, 9.17) is 10.5 Å². The molecule has 0 spiro atoms. The van der Waals surface area contributed by atoms with Crippen LogP contribution in [0.5, 0.6) is 0 Å². The summed E-state index contributed by atoms with van der Waals surface area (Å²) in [4.78, 5) is 7.07. The number of rotatable bonds is 7. The zero-order valence-corrected chi connectivity index (χ0v) is 18.8. The molecule has 1 fully saturated rings. The smallest absolute Gasteiger partial charge is 0.188 e. The van der Waals surface area contributed by atoms with Gasteiger partial charge in [-0.25, -0.2) is 0 Å². The molecule has 3 rings (SSSR count). The molecule has 152 valence electrons. The van der Waals surface area contributed by atoms with Crippen LogP contribution in [0.25, 0.3) is 0 Å². The highest BCUT2D eigenvalue weighted by Crippen LogP contribution is 2.22. The molecule has 0 amide bonds. The van der Waals surface area contributed by atoms with Crippen LogP contribution in [0.1, 0.15) is 22.7 Å². The number of hydrogen-bond acceptors (Lipinski definition) is 3. The zero-order chi connectivity index (χ0) is 18.9. The Bertz CT molecular complexity index is 715. The molecular weight excluding hydrogens is 463 g/mol. The molecule has 1 unspecified atom stereocenters. The molecule has 1 aliphatic rings. The van der Waals surface area contributed by atoms with Gasteiger partial charge in [-0.3, -0.25) is 9.89 Å². The van der Waals surface area contributed by atoms with Gasteiger partial charge in [-0.05, 0) is 24.5 Å². The molecule has 6 heteroatoms. The minimum Gasteiger partial charge on any atom is -0.379 e. The van der Waals surface area contributed by atoms with E-state index in [9.17, 15) is 0 Å². The fourth-order valence-electron chi connectivity index (χ4n) is 3.33. The van der Waals surface area contributed by atoms with Crippen LogP contribution in [0, 0.1) is 6.92 Å². The van der Waals surface area contributed by atoms with Crippen molar-refractivity contribution in [3.63, 3.8) is 0 Å². The number of nitrogens with one attached hydrogen (secondary N) is 1. The fraction of sp³-hybridized carbons (Fsp3) is 0.409. The Morgan fingerprint density at radius 3 is 2.46 bits per heavy atom. The van der Waals surface area contributed by atoms with Gasteiger partial charge in [0.15, 0.2) is 5.96 Å². The number of benzene rings is 2. The maximum Gasteiger partial charge on any atom is 0.188 e. The van der Waals surface area contributed by atoms with Gasteiger partial charge in [0.1, 0.15) is 0 Å². The lowest BCUT2D eigenvalue weighted by atomic mass is 10.0.